The molecule has 312 valence electrons. The molecule has 1 aliphatic heterocycles. The second kappa shape index (κ2) is 22.6. The number of hydrogen-bond acceptors (Lipinski definition) is 12. The average Bonchev–Trinajstić information content (AvgIpc) is 3.79. The van der Waals surface area contributed by atoms with Crippen LogP contribution in [0, 0.1) is 0 Å². The Hall–Kier alpha value is -5.35. The summed E-state index contributed by atoms with van der Waals surface area (Å²) in [5.41, 5.74) is 7.69. The standard InChI is InChI=1S/C43H56N6O9/c1-43(2,3)58-42(52)49-28-32-10-8-9-31(38(32)29-49)25-45-26-33(48-44)27-47-40(50)15-17-53-19-21-55-23-24-56-22-20-54-18-16-46-41(51)57-30-39-36-13-6-4-11-34(36)35-12-5-7-14-37(35)39/h4-14,26,39H,15-25,27-30,44H2,1-3H3,(H,46,51)(H,47,50)/b45-26?,48-33+. The minimum absolute atomic E-state index is 0.0183. The lowest BCUT2D eigenvalue weighted by Crippen LogP contribution is -2.33. The molecule has 3 aromatic carbocycles. The summed E-state index contributed by atoms with van der Waals surface area (Å²) in [5.74, 6) is 5.34. The Morgan fingerprint density at radius 1 is 0.793 bits per heavy atom. The van der Waals surface area contributed by atoms with Gasteiger partial charge in [-0.05, 0) is 59.7 Å². The van der Waals surface area contributed by atoms with E-state index < -0.39 is 11.7 Å². The van der Waals surface area contributed by atoms with Gasteiger partial charge >= 0.3 is 12.2 Å². The van der Waals surface area contributed by atoms with Crippen molar-refractivity contribution in [2.45, 2.75) is 58.3 Å². The van der Waals surface area contributed by atoms with Gasteiger partial charge in [-0.3, -0.25) is 14.7 Å². The summed E-state index contributed by atoms with van der Waals surface area (Å²) in [6.07, 6.45) is 0.896. The largest absolute Gasteiger partial charge is 0.449 e. The average molecular weight is 801 g/mol. The smallest absolute Gasteiger partial charge is 0.410 e. The number of alkyl carbamates (subject to hydrolysis) is 1. The van der Waals surface area contributed by atoms with Crippen LogP contribution in [0.4, 0.5) is 9.59 Å². The number of benzene rings is 3. The van der Waals surface area contributed by atoms with E-state index in [2.05, 4.69) is 45.0 Å². The fourth-order valence-corrected chi connectivity index (χ4v) is 6.55. The number of carbonyl (C=O) groups is 3. The van der Waals surface area contributed by atoms with E-state index >= 15 is 0 Å². The Balaban J connectivity index is 0.812. The highest BCUT2D eigenvalue weighted by Gasteiger charge is 2.30. The molecule has 58 heavy (non-hydrogen) atoms. The van der Waals surface area contributed by atoms with E-state index in [1.54, 1.807) is 11.1 Å². The molecule has 2 aliphatic rings. The molecule has 0 spiro atoms. The number of hydrogen-bond donors (Lipinski definition) is 3. The highest BCUT2D eigenvalue weighted by atomic mass is 16.6. The summed E-state index contributed by atoms with van der Waals surface area (Å²) < 4.78 is 33.1. The third-order valence-electron chi connectivity index (χ3n) is 9.32. The van der Waals surface area contributed by atoms with Crippen molar-refractivity contribution >= 4 is 30.0 Å². The molecule has 0 fully saturated rings. The van der Waals surface area contributed by atoms with Gasteiger partial charge in [-0.1, -0.05) is 66.7 Å². The zero-order chi connectivity index (χ0) is 41.2. The quantitative estimate of drug-likeness (QED) is 0.0545. The highest BCUT2D eigenvalue weighted by Crippen LogP contribution is 2.44. The maximum Gasteiger partial charge on any atom is 0.410 e. The van der Waals surface area contributed by atoms with E-state index in [4.69, 9.17) is 34.3 Å². The van der Waals surface area contributed by atoms with E-state index in [0.717, 1.165) is 16.7 Å². The van der Waals surface area contributed by atoms with Crippen LogP contribution in [-0.4, -0.2) is 113 Å². The number of carbonyl (C=O) groups excluding carboxylic acids is 3. The van der Waals surface area contributed by atoms with Crippen molar-refractivity contribution in [3.63, 3.8) is 0 Å². The molecule has 1 heterocycles. The van der Waals surface area contributed by atoms with E-state index in [9.17, 15) is 14.4 Å². The number of rotatable bonds is 22. The first-order chi connectivity index (χ1) is 28.1. The van der Waals surface area contributed by atoms with Crippen LogP contribution in [0.2, 0.25) is 0 Å². The molecule has 5 rings (SSSR count). The van der Waals surface area contributed by atoms with Crippen LogP contribution in [0.15, 0.2) is 76.8 Å². The Morgan fingerprint density at radius 2 is 1.41 bits per heavy atom. The number of nitrogens with one attached hydrogen (secondary N) is 2. The molecular weight excluding hydrogens is 745 g/mol. The number of amides is 3. The minimum Gasteiger partial charge on any atom is -0.449 e. The first-order valence-electron chi connectivity index (χ1n) is 19.6. The number of aliphatic imine (C=N–C) groups is 1. The van der Waals surface area contributed by atoms with Gasteiger partial charge in [-0.15, -0.1) is 0 Å². The predicted molar refractivity (Wildman–Crippen MR) is 220 cm³/mol. The normalized spacial score (nSPS) is 13.6. The number of fused-ring (bicyclic) bond motifs is 4. The lowest BCUT2D eigenvalue weighted by molar-refractivity contribution is -0.122. The highest BCUT2D eigenvalue weighted by molar-refractivity contribution is 6.31. The third kappa shape index (κ3) is 13.6. The van der Waals surface area contributed by atoms with Crippen molar-refractivity contribution in [3.05, 3.63) is 94.5 Å². The number of ether oxygens (including phenoxy) is 6. The van der Waals surface area contributed by atoms with Crippen LogP contribution in [0.3, 0.4) is 0 Å². The van der Waals surface area contributed by atoms with Crippen LogP contribution in [-0.2, 0) is 52.8 Å². The monoisotopic (exact) mass is 800 g/mol. The molecule has 15 heteroatoms. The Bertz CT molecular complexity index is 1830. The van der Waals surface area contributed by atoms with Crippen LogP contribution in [0.25, 0.3) is 11.1 Å². The van der Waals surface area contributed by atoms with Crippen LogP contribution >= 0.6 is 0 Å². The lowest BCUT2D eigenvalue weighted by Gasteiger charge is -2.24. The summed E-state index contributed by atoms with van der Waals surface area (Å²) in [4.78, 5) is 43.3. The summed E-state index contributed by atoms with van der Waals surface area (Å²) in [6, 6.07) is 22.4. The molecule has 0 saturated heterocycles. The molecule has 3 aromatic rings. The SMILES string of the molecule is CC(C)(C)OC(=O)N1Cc2cccc(CN=C/C(CNC(=O)CCOCCOCCOCCOCCNC(=O)OCC3c4ccccc4-c4ccccc43)=N\N)c2C1. The van der Waals surface area contributed by atoms with Crippen molar-refractivity contribution < 1.29 is 42.8 Å². The molecule has 0 aromatic heterocycles. The maximum atomic E-state index is 12.6. The van der Waals surface area contributed by atoms with Gasteiger partial charge in [-0.2, -0.15) is 5.10 Å². The van der Waals surface area contributed by atoms with Crippen LogP contribution < -0.4 is 16.5 Å². The molecular formula is C43H56N6O9. The van der Waals surface area contributed by atoms with Crippen molar-refractivity contribution in [3.8, 4) is 11.1 Å². The van der Waals surface area contributed by atoms with Crippen LogP contribution in [0.1, 0.15) is 60.9 Å². The molecule has 0 saturated carbocycles. The van der Waals surface area contributed by atoms with Crippen molar-refractivity contribution in [2.24, 2.45) is 15.9 Å². The van der Waals surface area contributed by atoms with E-state index in [0.29, 0.717) is 78.1 Å². The van der Waals surface area contributed by atoms with E-state index in [1.165, 1.54) is 22.3 Å². The summed E-state index contributed by atoms with van der Waals surface area (Å²) >= 11 is 0. The van der Waals surface area contributed by atoms with Gasteiger partial charge in [0.2, 0.25) is 5.91 Å². The molecule has 3 amide bonds. The summed E-state index contributed by atoms with van der Waals surface area (Å²) in [5, 5.41) is 9.24. The zero-order valence-electron chi connectivity index (χ0n) is 33.7. The first-order valence-corrected chi connectivity index (χ1v) is 19.6. The molecule has 0 atom stereocenters. The Kier molecular flexibility index (Phi) is 17.0. The predicted octanol–water partition coefficient (Wildman–Crippen LogP) is 4.93. The molecule has 4 N–H and O–H groups in total. The Labute approximate surface area is 340 Å². The van der Waals surface area contributed by atoms with Gasteiger partial charge in [0.15, 0.2) is 0 Å². The minimum atomic E-state index is -0.563. The fourth-order valence-electron chi connectivity index (χ4n) is 6.55. The van der Waals surface area contributed by atoms with Crippen LogP contribution in [0.5, 0.6) is 0 Å². The van der Waals surface area contributed by atoms with E-state index in [-0.39, 0.29) is 44.1 Å². The number of hydrazone groups is 1. The first kappa shape index (κ1) is 43.8. The fraction of sp³-hybridized carbons (Fsp3) is 0.465. The summed E-state index contributed by atoms with van der Waals surface area (Å²) in [6.45, 7) is 10.5. The van der Waals surface area contributed by atoms with Gasteiger partial charge in [0.25, 0.3) is 0 Å². The third-order valence-corrected chi connectivity index (χ3v) is 9.32. The summed E-state index contributed by atoms with van der Waals surface area (Å²) in [7, 11) is 0. The van der Waals surface area contributed by atoms with E-state index in [1.807, 2.05) is 63.2 Å². The van der Waals surface area contributed by atoms with Crippen molar-refractivity contribution in [2.75, 3.05) is 72.6 Å². The topological polar surface area (TPSA) is 185 Å². The molecule has 15 nitrogen and oxygen atoms in total. The second-order valence-corrected chi connectivity index (χ2v) is 14.7. The van der Waals surface area contributed by atoms with Gasteiger partial charge in [-0.25, -0.2) is 9.59 Å². The van der Waals surface area contributed by atoms with Crippen molar-refractivity contribution in [1.29, 1.82) is 0 Å². The van der Waals surface area contributed by atoms with Gasteiger partial charge in [0.1, 0.15) is 12.2 Å². The van der Waals surface area contributed by atoms with Gasteiger partial charge in [0.05, 0.1) is 78.2 Å². The molecule has 0 unspecified atom stereocenters. The Morgan fingerprint density at radius 3 is 2.05 bits per heavy atom. The van der Waals surface area contributed by atoms with Gasteiger partial charge in [0, 0.05) is 31.6 Å². The molecule has 1 aliphatic carbocycles. The number of nitrogens with zero attached hydrogens (tertiary/aromatic N) is 3. The maximum absolute atomic E-state index is 12.6. The number of nitrogens with two attached hydrogens (primary N) is 1. The van der Waals surface area contributed by atoms with Gasteiger partial charge < -0.3 is 44.9 Å². The second-order valence-electron chi connectivity index (χ2n) is 14.7. The molecule has 0 bridgehead atoms. The zero-order valence-corrected chi connectivity index (χ0v) is 33.7. The lowest BCUT2D eigenvalue weighted by atomic mass is 9.98. The van der Waals surface area contributed by atoms with Crippen molar-refractivity contribution in [1.82, 2.24) is 15.5 Å². The molecule has 0 radical (unpaired) electrons.